The Morgan fingerprint density at radius 2 is 1.64 bits per heavy atom. The molecule has 1 aliphatic rings. The molecule has 1 aliphatic heterocycles. The maximum Gasteiger partial charge on any atom is 0.418 e. The van der Waals surface area contributed by atoms with E-state index in [1.165, 1.54) is 24.6 Å². The van der Waals surface area contributed by atoms with Gasteiger partial charge in [0.1, 0.15) is 0 Å². The molecule has 39 heavy (non-hydrogen) atoms. The van der Waals surface area contributed by atoms with Crippen LogP contribution in [-0.2, 0) is 20.6 Å². The number of fused-ring (bicyclic) bond motifs is 1. The monoisotopic (exact) mass is 558 g/mol. The van der Waals surface area contributed by atoms with Gasteiger partial charge in [-0.15, -0.1) is 0 Å². The molecule has 1 heterocycles. The molecule has 0 saturated heterocycles. The van der Waals surface area contributed by atoms with Crippen molar-refractivity contribution in [1.29, 1.82) is 0 Å². The molecule has 2 atom stereocenters. The summed E-state index contributed by atoms with van der Waals surface area (Å²) in [6, 6.07) is 11.1. The van der Waals surface area contributed by atoms with Crippen molar-refractivity contribution in [3.8, 4) is 0 Å². The molecule has 2 aromatic carbocycles. The summed E-state index contributed by atoms with van der Waals surface area (Å²) in [7, 11) is 0. The molecule has 4 N–H and O–H groups in total. The van der Waals surface area contributed by atoms with Gasteiger partial charge in [0.25, 0.3) is 5.91 Å². The number of benzene rings is 2. The van der Waals surface area contributed by atoms with E-state index in [1.54, 1.807) is 18.2 Å². The van der Waals surface area contributed by atoms with E-state index in [0.717, 1.165) is 12.1 Å². The molecule has 3 amide bonds. The first kappa shape index (κ1) is 31.3. The number of hydrogen-bond donors (Lipinski definition) is 3. The molecule has 2 aromatic rings. The minimum absolute atomic E-state index is 0.0675. The van der Waals surface area contributed by atoms with Gasteiger partial charge in [0.2, 0.25) is 18.0 Å². The quantitative estimate of drug-likeness (QED) is 0.407. The topological polar surface area (TPSA) is 114 Å². The molecule has 7 nitrogen and oxygen atoms in total. The van der Waals surface area contributed by atoms with Crippen LogP contribution >= 0.6 is 0 Å². The molecule has 13 heteroatoms. The van der Waals surface area contributed by atoms with Gasteiger partial charge in [-0.05, 0) is 12.5 Å². The molecule has 0 aliphatic carbocycles. The number of nitrogens with zero attached hydrogens (tertiary/aromatic N) is 1. The molecular formula is C26H28F6N4O3. The Labute approximate surface area is 220 Å². The van der Waals surface area contributed by atoms with Gasteiger partial charge >= 0.3 is 12.4 Å². The number of anilines is 1. The second-order valence-electron chi connectivity index (χ2n) is 8.70. The van der Waals surface area contributed by atoms with Crippen LogP contribution in [0.5, 0.6) is 0 Å². The first-order valence-electron chi connectivity index (χ1n) is 12.0. The summed E-state index contributed by atoms with van der Waals surface area (Å²) >= 11 is 0. The lowest BCUT2D eigenvalue weighted by molar-refractivity contribution is -0.143. The lowest BCUT2D eigenvalue weighted by atomic mass is 9.97. The van der Waals surface area contributed by atoms with E-state index < -0.39 is 72.7 Å². The largest absolute Gasteiger partial charge is 0.418 e. The number of alkyl halides is 6. The van der Waals surface area contributed by atoms with Gasteiger partial charge in [-0.1, -0.05) is 62.7 Å². The Hall–Kier alpha value is -3.90. The summed E-state index contributed by atoms with van der Waals surface area (Å²) in [6.07, 6.45) is -12.9. The number of carbonyl (C=O) groups excluding carboxylic acids is 3. The number of hydrogen-bond acceptors (Lipinski definition) is 4. The second-order valence-corrected chi connectivity index (χ2v) is 8.70. The number of halogens is 6. The van der Waals surface area contributed by atoms with Crippen molar-refractivity contribution < 1.29 is 40.7 Å². The fraction of sp³-hybridized carbons (Fsp3) is 0.385. The second kappa shape index (κ2) is 13.3. The number of para-hydroxylation sites is 1. The van der Waals surface area contributed by atoms with Gasteiger partial charge < -0.3 is 16.4 Å². The lowest BCUT2D eigenvalue weighted by Gasteiger charge is -2.20. The van der Waals surface area contributed by atoms with Crippen LogP contribution in [-0.4, -0.2) is 35.8 Å². The van der Waals surface area contributed by atoms with E-state index in [9.17, 15) is 40.7 Å². The van der Waals surface area contributed by atoms with Crippen molar-refractivity contribution in [3.63, 3.8) is 0 Å². The summed E-state index contributed by atoms with van der Waals surface area (Å²) < 4.78 is 79.1. The van der Waals surface area contributed by atoms with Crippen LogP contribution in [0, 0.1) is 5.92 Å². The fourth-order valence-electron chi connectivity index (χ4n) is 3.65. The van der Waals surface area contributed by atoms with Crippen molar-refractivity contribution in [2.75, 3.05) is 5.32 Å². The maximum atomic E-state index is 13.7. The van der Waals surface area contributed by atoms with Crippen LogP contribution in [0.3, 0.4) is 0 Å². The molecule has 0 aromatic heterocycles. The Balaban J connectivity index is 0.00000170. The third-order valence-corrected chi connectivity index (χ3v) is 5.30. The summed E-state index contributed by atoms with van der Waals surface area (Å²) in [6.45, 7) is 4.25. The number of nitrogens with one attached hydrogen (secondary N) is 2. The summed E-state index contributed by atoms with van der Waals surface area (Å²) in [5.74, 6) is -4.86. The van der Waals surface area contributed by atoms with E-state index >= 15 is 0 Å². The summed E-state index contributed by atoms with van der Waals surface area (Å²) in [5.41, 5.74) is 3.49. The van der Waals surface area contributed by atoms with Crippen LogP contribution in [0.2, 0.25) is 0 Å². The normalized spacial score (nSPS) is 15.9. The van der Waals surface area contributed by atoms with E-state index in [0.29, 0.717) is 5.56 Å². The molecular weight excluding hydrogens is 530 g/mol. The molecule has 0 radical (unpaired) electrons. The van der Waals surface area contributed by atoms with Crippen molar-refractivity contribution in [2.24, 2.45) is 16.6 Å². The Morgan fingerprint density at radius 3 is 2.18 bits per heavy atom. The molecule has 212 valence electrons. The highest BCUT2D eigenvalue weighted by Gasteiger charge is 2.38. The average Bonchev–Trinajstić information content (AvgIpc) is 2.97. The van der Waals surface area contributed by atoms with E-state index in [-0.39, 0.29) is 11.3 Å². The molecule has 0 spiro atoms. The van der Waals surface area contributed by atoms with E-state index in [4.69, 9.17) is 5.73 Å². The highest BCUT2D eigenvalue weighted by Crippen LogP contribution is 2.38. The van der Waals surface area contributed by atoms with Crippen molar-refractivity contribution in [2.45, 2.75) is 58.0 Å². The Morgan fingerprint density at radius 1 is 1.03 bits per heavy atom. The van der Waals surface area contributed by atoms with Crippen LogP contribution in [0.15, 0.2) is 53.5 Å². The van der Waals surface area contributed by atoms with Gasteiger partial charge in [-0.3, -0.25) is 14.4 Å². The van der Waals surface area contributed by atoms with Crippen LogP contribution in [0.4, 0.5) is 32.0 Å². The van der Waals surface area contributed by atoms with E-state index in [1.807, 2.05) is 0 Å². The van der Waals surface area contributed by atoms with Gasteiger partial charge in [0.15, 0.2) is 0 Å². The smallest absolute Gasteiger partial charge is 0.370 e. The first-order chi connectivity index (χ1) is 18.2. The zero-order valence-electron chi connectivity index (χ0n) is 21.1. The number of carbonyl (C=O) groups is 3. The van der Waals surface area contributed by atoms with Crippen molar-refractivity contribution in [3.05, 3.63) is 65.2 Å². The predicted octanol–water partition coefficient (Wildman–Crippen LogP) is 5.19. The minimum Gasteiger partial charge on any atom is -0.370 e. The SMILES string of the molecule is CCC.NC(=O)CC(CCC(F)(F)F)C(=O)NC1N=C(c2ccccc2)c2cccc(C(F)(F)F)c2NC1=O. The maximum absolute atomic E-state index is 13.7. The third kappa shape index (κ3) is 9.11. The summed E-state index contributed by atoms with van der Waals surface area (Å²) in [5, 5.41) is 4.28. The zero-order valence-corrected chi connectivity index (χ0v) is 21.1. The molecule has 0 bridgehead atoms. The van der Waals surface area contributed by atoms with Crippen LogP contribution < -0.4 is 16.4 Å². The third-order valence-electron chi connectivity index (χ3n) is 5.30. The van der Waals surface area contributed by atoms with E-state index in [2.05, 4.69) is 29.5 Å². The standard InChI is InChI=1S/C23H20F6N4O3.C3H8/c24-22(25,26)10-9-13(11-16(30)34)20(35)33-19-21(36)32-18-14(7-4-8-15(18)23(27,28)29)17(31-19)12-5-2-1-3-6-12;1-3-2/h1-8,13,19H,9-11H2,(H2,30,34)(H,32,36)(H,33,35);3H2,1-2H3. The Kier molecular flexibility index (Phi) is 10.6. The number of rotatable bonds is 7. The van der Waals surface area contributed by atoms with Crippen LogP contribution in [0.25, 0.3) is 0 Å². The molecule has 3 rings (SSSR count). The average molecular weight is 559 g/mol. The highest BCUT2D eigenvalue weighted by atomic mass is 19.4. The summed E-state index contributed by atoms with van der Waals surface area (Å²) in [4.78, 5) is 41.1. The van der Waals surface area contributed by atoms with Crippen molar-refractivity contribution >= 4 is 29.1 Å². The van der Waals surface area contributed by atoms with Crippen LogP contribution in [0.1, 0.15) is 56.2 Å². The number of benzodiazepines with no additional fused rings is 1. The fourth-order valence-corrected chi connectivity index (χ4v) is 3.65. The number of primary amides is 1. The number of amides is 3. The van der Waals surface area contributed by atoms with Crippen molar-refractivity contribution in [1.82, 2.24) is 5.32 Å². The first-order valence-corrected chi connectivity index (χ1v) is 12.0. The molecule has 0 saturated carbocycles. The lowest BCUT2D eigenvalue weighted by Crippen LogP contribution is -2.45. The van der Waals surface area contributed by atoms with Gasteiger partial charge in [0, 0.05) is 29.9 Å². The van der Waals surface area contributed by atoms with Gasteiger partial charge in [-0.25, -0.2) is 4.99 Å². The number of nitrogens with two attached hydrogens (primary N) is 1. The van der Waals surface area contributed by atoms with Gasteiger partial charge in [0.05, 0.1) is 17.0 Å². The molecule has 2 unspecified atom stereocenters. The van der Waals surface area contributed by atoms with Gasteiger partial charge in [-0.2, -0.15) is 26.3 Å². The predicted molar refractivity (Wildman–Crippen MR) is 133 cm³/mol. The zero-order chi connectivity index (χ0) is 29.4. The number of aliphatic imine (C=N–C) groups is 1. The highest BCUT2D eigenvalue weighted by molar-refractivity contribution is 6.20. The molecule has 0 fully saturated rings. The Bertz CT molecular complexity index is 1200. The minimum atomic E-state index is -4.84.